The lowest BCUT2D eigenvalue weighted by Crippen LogP contribution is -2.33. The minimum Gasteiger partial charge on any atom is -0.372 e. The fourth-order valence-electron chi connectivity index (χ4n) is 4.20. The van der Waals surface area contributed by atoms with Crippen LogP contribution in [0.25, 0.3) is 0 Å². The van der Waals surface area contributed by atoms with Crippen molar-refractivity contribution in [1.82, 2.24) is 4.98 Å². The number of pyridine rings is 1. The molecule has 1 aromatic heterocycles. The van der Waals surface area contributed by atoms with Crippen LogP contribution in [-0.2, 0) is 11.3 Å². The van der Waals surface area contributed by atoms with E-state index in [0.717, 1.165) is 42.3 Å². The Morgan fingerprint density at radius 1 is 1.06 bits per heavy atom. The number of benzene rings is 2. The second kappa shape index (κ2) is 10.5. The Morgan fingerprint density at radius 3 is 2.64 bits per heavy atom. The molecule has 2 heterocycles. The Balaban J connectivity index is 1.53. The van der Waals surface area contributed by atoms with Crippen LogP contribution in [0, 0.1) is 0 Å². The molecule has 0 saturated heterocycles. The fraction of sp³-hybridized carbons (Fsp3) is 0.333. The van der Waals surface area contributed by atoms with Gasteiger partial charge in [0.2, 0.25) is 0 Å². The number of carbonyl (C=O) groups is 1. The summed E-state index contributed by atoms with van der Waals surface area (Å²) in [7, 11) is 2.02. The highest BCUT2D eigenvalue weighted by atomic mass is 16.5. The molecule has 1 unspecified atom stereocenters. The molecule has 1 amide bonds. The number of nitrogens with zero attached hydrogens (tertiary/aromatic N) is 3. The zero-order chi connectivity index (χ0) is 23.2. The predicted molar refractivity (Wildman–Crippen MR) is 134 cm³/mol. The predicted octanol–water partition coefficient (Wildman–Crippen LogP) is 5.28. The van der Waals surface area contributed by atoms with Crippen molar-refractivity contribution in [2.75, 3.05) is 41.8 Å². The summed E-state index contributed by atoms with van der Waals surface area (Å²) in [5, 5.41) is 3.23. The summed E-state index contributed by atoms with van der Waals surface area (Å²) in [4.78, 5) is 21.9. The van der Waals surface area contributed by atoms with Crippen molar-refractivity contribution >= 4 is 23.1 Å². The molecular weight excluding hydrogens is 412 g/mol. The number of hydrogen-bond acceptors (Lipinski definition) is 5. The molecule has 0 saturated carbocycles. The van der Waals surface area contributed by atoms with E-state index in [1.165, 1.54) is 5.56 Å². The monoisotopic (exact) mass is 444 g/mol. The van der Waals surface area contributed by atoms with Gasteiger partial charge in [-0.05, 0) is 36.6 Å². The third-order valence-corrected chi connectivity index (χ3v) is 6.00. The summed E-state index contributed by atoms with van der Waals surface area (Å²) >= 11 is 0. The van der Waals surface area contributed by atoms with Crippen LogP contribution in [0.4, 0.5) is 17.2 Å². The van der Waals surface area contributed by atoms with E-state index >= 15 is 0 Å². The third-order valence-electron chi connectivity index (χ3n) is 6.00. The minimum absolute atomic E-state index is 0.0290. The molecule has 33 heavy (non-hydrogen) atoms. The maximum Gasteiger partial charge on any atom is 0.262 e. The van der Waals surface area contributed by atoms with Gasteiger partial charge in [-0.1, -0.05) is 49.4 Å². The average Bonchev–Trinajstić information content (AvgIpc) is 2.97. The van der Waals surface area contributed by atoms with Crippen molar-refractivity contribution in [2.24, 2.45) is 0 Å². The van der Waals surface area contributed by atoms with Gasteiger partial charge in [0.1, 0.15) is 5.82 Å². The molecule has 1 atom stereocenters. The van der Waals surface area contributed by atoms with Gasteiger partial charge in [-0.2, -0.15) is 0 Å². The summed E-state index contributed by atoms with van der Waals surface area (Å²) in [5.74, 6) is 0.756. The zero-order valence-electron chi connectivity index (χ0n) is 19.6. The van der Waals surface area contributed by atoms with Crippen LogP contribution in [0.2, 0.25) is 0 Å². The number of likely N-dealkylation sites (N-methyl/N-ethyl adjacent to an activating group) is 1. The number of hydrogen-bond donors (Lipinski definition) is 1. The van der Waals surface area contributed by atoms with Crippen molar-refractivity contribution < 1.29 is 9.53 Å². The molecule has 0 spiro atoms. The van der Waals surface area contributed by atoms with Gasteiger partial charge < -0.3 is 19.9 Å². The first-order chi connectivity index (χ1) is 16.1. The van der Waals surface area contributed by atoms with E-state index < -0.39 is 0 Å². The SMILES string of the molecule is CCNc1cc2c(cn1)C(=O)N(c1cccc(COC(CC)c3ccccc3)c1)CCN2C. The zero-order valence-corrected chi connectivity index (χ0v) is 19.6. The molecule has 0 bridgehead atoms. The molecule has 3 aromatic rings. The lowest BCUT2D eigenvalue weighted by atomic mass is 10.1. The second-order valence-corrected chi connectivity index (χ2v) is 8.28. The van der Waals surface area contributed by atoms with Crippen LogP contribution < -0.4 is 15.1 Å². The van der Waals surface area contributed by atoms with E-state index in [0.29, 0.717) is 18.7 Å². The Bertz CT molecular complexity index is 1090. The van der Waals surface area contributed by atoms with Crippen LogP contribution in [0.3, 0.4) is 0 Å². The normalized spacial score (nSPS) is 14.6. The van der Waals surface area contributed by atoms with Gasteiger partial charge in [0.05, 0.1) is 24.0 Å². The third kappa shape index (κ3) is 5.17. The summed E-state index contributed by atoms with van der Waals surface area (Å²) < 4.78 is 6.24. The van der Waals surface area contributed by atoms with Gasteiger partial charge >= 0.3 is 0 Å². The molecule has 2 aromatic carbocycles. The summed E-state index contributed by atoms with van der Waals surface area (Å²) in [6.45, 7) is 6.78. The number of aromatic nitrogens is 1. The number of carbonyl (C=O) groups excluding carboxylic acids is 1. The highest BCUT2D eigenvalue weighted by Gasteiger charge is 2.27. The van der Waals surface area contributed by atoms with Gasteiger partial charge in [0.25, 0.3) is 5.91 Å². The summed E-state index contributed by atoms with van der Waals surface area (Å²) in [6, 6.07) is 20.3. The molecule has 0 radical (unpaired) electrons. The minimum atomic E-state index is -0.0290. The van der Waals surface area contributed by atoms with Crippen molar-refractivity contribution in [1.29, 1.82) is 0 Å². The smallest absolute Gasteiger partial charge is 0.262 e. The lowest BCUT2D eigenvalue weighted by Gasteiger charge is -2.22. The van der Waals surface area contributed by atoms with Gasteiger partial charge in [-0.15, -0.1) is 0 Å². The molecule has 1 aliphatic rings. The number of amides is 1. The van der Waals surface area contributed by atoms with Crippen molar-refractivity contribution in [3.8, 4) is 0 Å². The quantitative estimate of drug-likeness (QED) is 0.512. The highest BCUT2D eigenvalue weighted by Crippen LogP contribution is 2.29. The van der Waals surface area contributed by atoms with E-state index in [-0.39, 0.29) is 12.0 Å². The summed E-state index contributed by atoms with van der Waals surface area (Å²) in [6.07, 6.45) is 2.63. The lowest BCUT2D eigenvalue weighted by molar-refractivity contribution is 0.0372. The van der Waals surface area contributed by atoms with E-state index in [2.05, 4.69) is 40.3 Å². The van der Waals surface area contributed by atoms with Crippen LogP contribution >= 0.6 is 0 Å². The highest BCUT2D eigenvalue weighted by molar-refractivity contribution is 6.10. The molecule has 0 fully saturated rings. The summed E-state index contributed by atoms with van der Waals surface area (Å²) in [5.41, 5.74) is 4.64. The molecule has 1 N–H and O–H groups in total. The molecule has 172 valence electrons. The Labute approximate surface area is 196 Å². The Morgan fingerprint density at radius 2 is 1.88 bits per heavy atom. The number of ether oxygens (including phenoxy) is 1. The average molecular weight is 445 g/mol. The molecule has 6 nitrogen and oxygen atoms in total. The molecular formula is C27H32N4O2. The van der Waals surface area contributed by atoms with E-state index in [1.54, 1.807) is 6.20 Å². The van der Waals surface area contributed by atoms with Crippen molar-refractivity contribution in [3.63, 3.8) is 0 Å². The van der Waals surface area contributed by atoms with E-state index in [4.69, 9.17) is 4.74 Å². The number of rotatable bonds is 8. The molecule has 4 rings (SSSR count). The first kappa shape index (κ1) is 22.8. The standard InChI is InChI=1S/C27H32N4O2/c1-4-25(21-11-7-6-8-12-21)33-19-20-10-9-13-22(16-20)31-15-14-30(3)24-17-26(28-5-2)29-18-23(24)27(31)32/h6-13,16-18,25H,4-5,14-15,19H2,1-3H3,(H,28,29). The Hall–Kier alpha value is -3.38. The second-order valence-electron chi connectivity index (χ2n) is 8.28. The van der Waals surface area contributed by atoms with Crippen LogP contribution in [0.5, 0.6) is 0 Å². The number of anilines is 3. The number of fused-ring (bicyclic) bond motifs is 1. The van der Waals surface area contributed by atoms with Crippen LogP contribution in [-0.4, -0.2) is 37.6 Å². The first-order valence-electron chi connectivity index (χ1n) is 11.6. The van der Waals surface area contributed by atoms with E-state index in [1.807, 2.05) is 61.3 Å². The van der Waals surface area contributed by atoms with Gasteiger partial charge in [0.15, 0.2) is 0 Å². The van der Waals surface area contributed by atoms with Gasteiger partial charge in [-0.25, -0.2) is 4.98 Å². The molecule has 1 aliphatic heterocycles. The Kier molecular flexibility index (Phi) is 7.25. The van der Waals surface area contributed by atoms with E-state index in [9.17, 15) is 4.79 Å². The van der Waals surface area contributed by atoms with Crippen molar-refractivity contribution in [2.45, 2.75) is 33.0 Å². The largest absolute Gasteiger partial charge is 0.372 e. The number of nitrogens with one attached hydrogen (secondary N) is 1. The topological polar surface area (TPSA) is 57.7 Å². The molecule has 0 aliphatic carbocycles. The first-order valence-corrected chi connectivity index (χ1v) is 11.6. The van der Waals surface area contributed by atoms with Gasteiger partial charge in [0, 0.05) is 44.6 Å². The van der Waals surface area contributed by atoms with Crippen molar-refractivity contribution in [3.05, 3.63) is 83.6 Å². The maximum absolute atomic E-state index is 13.5. The van der Waals surface area contributed by atoms with Crippen LogP contribution in [0.1, 0.15) is 47.9 Å². The maximum atomic E-state index is 13.5. The molecule has 6 heteroatoms. The van der Waals surface area contributed by atoms with Crippen LogP contribution in [0.15, 0.2) is 66.9 Å². The fourth-order valence-corrected chi connectivity index (χ4v) is 4.20. The van der Waals surface area contributed by atoms with Gasteiger partial charge in [-0.3, -0.25) is 4.79 Å².